The summed E-state index contributed by atoms with van der Waals surface area (Å²) in [6, 6.07) is 8.80. The van der Waals surface area contributed by atoms with Crippen LogP contribution in [0.4, 0.5) is 0 Å². The molecule has 1 aromatic rings. The third-order valence-corrected chi connectivity index (χ3v) is 4.05. The fourth-order valence-corrected chi connectivity index (χ4v) is 2.98. The molecule has 1 aliphatic rings. The zero-order chi connectivity index (χ0) is 12.5. The minimum atomic E-state index is -1.34. The minimum Gasteiger partial charge on any atom is -0.481 e. The second-order valence-corrected chi connectivity index (χ2v) is 5.06. The van der Waals surface area contributed by atoms with E-state index in [9.17, 15) is 15.0 Å². The van der Waals surface area contributed by atoms with Crippen molar-refractivity contribution in [3.05, 3.63) is 35.9 Å². The molecule has 0 aromatic heterocycles. The Hall–Kier alpha value is -1.06. The molecule has 1 aliphatic carbocycles. The summed E-state index contributed by atoms with van der Waals surface area (Å²) in [5.74, 6) is -1.97. The number of aliphatic carboxylic acids is 1. The number of aliphatic hydroxyl groups is 1. The molecule has 0 bridgehead atoms. The van der Waals surface area contributed by atoms with Crippen LogP contribution >= 0.6 is 11.6 Å². The highest BCUT2D eigenvalue weighted by Gasteiger charge is 2.50. The van der Waals surface area contributed by atoms with Crippen molar-refractivity contribution in [3.63, 3.8) is 0 Å². The predicted molar refractivity (Wildman–Crippen MR) is 65.3 cm³/mol. The largest absolute Gasteiger partial charge is 0.481 e. The van der Waals surface area contributed by atoms with Gasteiger partial charge in [-0.15, -0.1) is 11.6 Å². The average molecular weight is 255 g/mol. The second kappa shape index (κ2) is 4.67. The first-order valence-electron chi connectivity index (χ1n) is 5.70. The Bertz CT molecular complexity index is 406. The molecule has 2 N–H and O–H groups in total. The number of carboxylic acids is 1. The fourth-order valence-electron chi connectivity index (χ4n) is 2.59. The molecule has 17 heavy (non-hydrogen) atoms. The molecule has 2 rings (SSSR count). The Balaban J connectivity index is 2.40. The van der Waals surface area contributed by atoms with Gasteiger partial charge in [-0.3, -0.25) is 4.79 Å². The number of carboxylic acid groups (broad SMARTS) is 1. The standard InChI is InChI=1S/C13H15ClO3/c14-10-7-4-8-13(10,17)11(12(15)16)9-5-2-1-3-6-9/h1-3,5-6,10-11,17H,4,7-8H2,(H,15,16)/t10-,11-,13+/m1/s1. The molecule has 3 nitrogen and oxygen atoms in total. The highest BCUT2D eigenvalue weighted by atomic mass is 35.5. The van der Waals surface area contributed by atoms with Crippen LogP contribution in [-0.4, -0.2) is 27.2 Å². The number of benzene rings is 1. The first-order chi connectivity index (χ1) is 8.05. The van der Waals surface area contributed by atoms with Crippen LogP contribution in [0.1, 0.15) is 30.7 Å². The van der Waals surface area contributed by atoms with Crippen LogP contribution < -0.4 is 0 Å². The molecule has 92 valence electrons. The van der Waals surface area contributed by atoms with Crippen LogP contribution in [0.15, 0.2) is 30.3 Å². The van der Waals surface area contributed by atoms with Crippen molar-refractivity contribution < 1.29 is 15.0 Å². The van der Waals surface area contributed by atoms with Gasteiger partial charge < -0.3 is 10.2 Å². The van der Waals surface area contributed by atoms with E-state index in [2.05, 4.69) is 0 Å². The van der Waals surface area contributed by atoms with E-state index in [4.69, 9.17) is 11.6 Å². The lowest BCUT2D eigenvalue weighted by atomic mass is 9.80. The van der Waals surface area contributed by atoms with Crippen molar-refractivity contribution in [2.75, 3.05) is 0 Å². The van der Waals surface area contributed by atoms with Crippen molar-refractivity contribution in [1.29, 1.82) is 0 Å². The SMILES string of the molecule is O=C(O)[C@@H](c1ccccc1)[C@]1(O)CCC[C@H]1Cl. The molecule has 1 aromatic carbocycles. The van der Waals surface area contributed by atoms with E-state index in [0.29, 0.717) is 18.4 Å². The lowest BCUT2D eigenvalue weighted by Gasteiger charge is -2.32. The maximum absolute atomic E-state index is 11.4. The number of alkyl halides is 1. The van der Waals surface area contributed by atoms with Gasteiger partial charge in [0.2, 0.25) is 0 Å². The highest BCUT2D eigenvalue weighted by molar-refractivity contribution is 6.21. The molecule has 4 heteroatoms. The maximum Gasteiger partial charge on any atom is 0.313 e. The Morgan fingerprint density at radius 1 is 1.41 bits per heavy atom. The van der Waals surface area contributed by atoms with Gasteiger partial charge in [0.25, 0.3) is 0 Å². The quantitative estimate of drug-likeness (QED) is 0.815. The van der Waals surface area contributed by atoms with E-state index in [0.717, 1.165) is 6.42 Å². The van der Waals surface area contributed by atoms with Gasteiger partial charge in [-0.1, -0.05) is 30.3 Å². The number of rotatable bonds is 3. The maximum atomic E-state index is 11.4. The molecule has 0 spiro atoms. The summed E-state index contributed by atoms with van der Waals surface area (Å²) in [4.78, 5) is 11.4. The van der Waals surface area contributed by atoms with E-state index in [1.807, 2.05) is 6.07 Å². The molecule has 0 heterocycles. The van der Waals surface area contributed by atoms with Crippen molar-refractivity contribution in [3.8, 4) is 0 Å². The average Bonchev–Trinajstić information content (AvgIpc) is 2.61. The van der Waals surface area contributed by atoms with Gasteiger partial charge in [-0.05, 0) is 24.8 Å². The van der Waals surface area contributed by atoms with E-state index in [1.54, 1.807) is 24.3 Å². The number of hydrogen-bond acceptors (Lipinski definition) is 2. The van der Waals surface area contributed by atoms with Crippen molar-refractivity contribution in [1.82, 2.24) is 0 Å². The summed E-state index contributed by atoms with van der Waals surface area (Å²) in [7, 11) is 0. The third kappa shape index (κ3) is 2.17. The number of hydrogen-bond donors (Lipinski definition) is 2. The monoisotopic (exact) mass is 254 g/mol. The van der Waals surface area contributed by atoms with Gasteiger partial charge in [0, 0.05) is 0 Å². The molecule has 3 atom stereocenters. The first kappa shape index (κ1) is 12.4. The highest BCUT2D eigenvalue weighted by Crippen LogP contribution is 2.44. The van der Waals surface area contributed by atoms with Crippen LogP contribution in [0.5, 0.6) is 0 Å². The zero-order valence-corrected chi connectivity index (χ0v) is 10.1. The van der Waals surface area contributed by atoms with E-state index in [-0.39, 0.29) is 0 Å². The first-order valence-corrected chi connectivity index (χ1v) is 6.13. The van der Waals surface area contributed by atoms with Crippen LogP contribution in [0.2, 0.25) is 0 Å². The molecule has 0 unspecified atom stereocenters. The molecule has 0 radical (unpaired) electrons. The van der Waals surface area contributed by atoms with E-state index in [1.165, 1.54) is 0 Å². The summed E-state index contributed by atoms with van der Waals surface area (Å²) >= 11 is 6.09. The summed E-state index contributed by atoms with van der Waals surface area (Å²) in [5, 5.41) is 19.4. The van der Waals surface area contributed by atoms with Gasteiger partial charge in [0.1, 0.15) is 5.92 Å². The van der Waals surface area contributed by atoms with Crippen LogP contribution in [-0.2, 0) is 4.79 Å². The van der Waals surface area contributed by atoms with Gasteiger partial charge in [-0.2, -0.15) is 0 Å². The molecular formula is C13H15ClO3. The van der Waals surface area contributed by atoms with Gasteiger partial charge >= 0.3 is 5.97 Å². The number of halogens is 1. The smallest absolute Gasteiger partial charge is 0.313 e. The zero-order valence-electron chi connectivity index (χ0n) is 9.34. The lowest BCUT2D eigenvalue weighted by molar-refractivity contribution is -0.145. The minimum absolute atomic E-state index is 0.438. The van der Waals surface area contributed by atoms with Crippen molar-refractivity contribution in [2.45, 2.75) is 36.2 Å². The van der Waals surface area contributed by atoms with Crippen LogP contribution in [0.25, 0.3) is 0 Å². The molecule has 0 aliphatic heterocycles. The topological polar surface area (TPSA) is 57.5 Å². The summed E-state index contributed by atoms with van der Waals surface area (Å²) in [6.07, 6.45) is 1.86. The predicted octanol–water partition coefficient (Wildman–Crippen LogP) is 2.38. The normalized spacial score (nSPS) is 30.1. The Morgan fingerprint density at radius 3 is 2.53 bits per heavy atom. The molecular weight excluding hydrogens is 240 g/mol. The van der Waals surface area contributed by atoms with Crippen LogP contribution in [0, 0.1) is 0 Å². The lowest BCUT2D eigenvalue weighted by Crippen LogP contribution is -2.44. The summed E-state index contributed by atoms with van der Waals surface area (Å²) in [5.41, 5.74) is -0.732. The number of carbonyl (C=O) groups is 1. The van der Waals surface area contributed by atoms with Gasteiger partial charge in [0.05, 0.1) is 11.0 Å². The summed E-state index contributed by atoms with van der Waals surface area (Å²) < 4.78 is 0. The van der Waals surface area contributed by atoms with Gasteiger partial charge in [-0.25, -0.2) is 0 Å². The third-order valence-electron chi connectivity index (χ3n) is 3.46. The second-order valence-electron chi connectivity index (χ2n) is 4.53. The molecule has 1 saturated carbocycles. The van der Waals surface area contributed by atoms with E-state index >= 15 is 0 Å². The molecule has 1 fully saturated rings. The van der Waals surface area contributed by atoms with Crippen molar-refractivity contribution >= 4 is 17.6 Å². The molecule has 0 amide bonds. The fraction of sp³-hybridized carbons (Fsp3) is 0.462. The molecule has 0 saturated heterocycles. The van der Waals surface area contributed by atoms with E-state index < -0.39 is 22.9 Å². The van der Waals surface area contributed by atoms with Gasteiger partial charge in [0.15, 0.2) is 0 Å². The van der Waals surface area contributed by atoms with Crippen LogP contribution in [0.3, 0.4) is 0 Å². The Morgan fingerprint density at radius 2 is 2.06 bits per heavy atom. The van der Waals surface area contributed by atoms with Crippen molar-refractivity contribution in [2.24, 2.45) is 0 Å². The Labute approximate surface area is 105 Å². The Kier molecular flexibility index (Phi) is 3.40. The summed E-state index contributed by atoms with van der Waals surface area (Å²) in [6.45, 7) is 0.